The number of aromatic amines is 1. The van der Waals surface area contributed by atoms with Crippen LogP contribution in [0.5, 0.6) is 5.75 Å². The van der Waals surface area contributed by atoms with Gasteiger partial charge in [0, 0.05) is 69.6 Å². The van der Waals surface area contributed by atoms with Crippen molar-refractivity contribution in [3.8, 4) is 5.75 Å². The molecule has 0 radical (unpaired) electrons. The van der Waals surface area contributed by atoms with Crippen LogP contribution in [-0.4, -0.2) is 116 Å². The van der Waals surface area contributed by atoms with E-state index < -0.39 is 41.5 Å². The number of hydrogen-bond acceptors (Lipinski definition) is 9. The van der Waals surface area contributed by atoms with Gasteiger partial charge in [-0.15, -0.1) is 0 Å². The standard InChI is InChI=1S/C42H56FN9O7/c1-7-51(8-2)22-20-46-40(56)38-26(3)34(48-27(38)4)24-32-31-23-29(43)11-14-35(31)52(41(32)57)42(58)50(5)21-19-45-36(53)15-16-37(54)49-33(17-18-44)39(55)47-25-28-9-12-30(59-6)13-10-28/h9-14,23-24,33,48H,7-8,15-22,25,44H2,1-6H3,(H,45,53)(H,46,56)(H,47,55)(H,49,54)/b32-24-/t33-/m1/s1. The third-order valence-corrected chi connectivity index (χ3v) is 10.1. The van der Waals surface area contributed by atoms with E-state index in [4.69, 9.17) is 10.5 Å². The molecular weight excluding hydrogens is 762 g/mol. The molecule has 1 aliphatic heterocycles. The fraction of sp³-hybridized carbons (Fsp3) is 0.429. The minimum absolute atomic E-state index is 0.00470. The van der Waals surface area contributed by atoms with Crippen LogP contribution < -0.4 is 36.6 Å². The van der Waals surface area contributed by atoms with E-state index in [1.54, 1.807) is 33.1 Å². The molecule has 3 aromatic rings. The van der Waals surface area contributed by atoms with E-state index >= 15 is 0 Å². The maximum absolute atomic E-state index is 14.6. The highest BCUT2D eigenvalue weighted by Gasteiger charge is 2.39. The Morgan fingerprint density at radius 2 is 1.63 bits per heavy atom. The quantitative estimate of drug-likeness (QED) is 0.0925. The number of aromatic nitrogens is 1. The van der Waals surface area contributed by atoms with Gasteiger partial charge in [-0.2, -0.15) is 0 Å². The summed E-state index contributed by atoms with van der Waals surface area (Å²) in [5, 5.41) is 11.0. The van der Waals surface area contributed by atoms with Gasteiger partial charge in [0.2, 0.25) is 17.7 Å². The maximum atomic E-state index is 14.6. The highest BCUT2D eigenvalue weighted by molar-refractivity contribution is 6.42. The molecule has 59 heavy (non-hydrogen) atoms. The van der Waals surface area contributed by atoms with Crippen molar-refractivity contribution >= 4 is 52.9 Å². The number of benzene rings is 2. The Bertz CT molecular complexity index is 2030. The van der Waals surface area contributed by atoms with E-state index in [0.29, 0.717) is 41.4 Å². The number of anilines is 1. The molecule has 0 bridgehead atoms. The van der Waals surface area contributed by atoms with Crippen molar-refractivity contribution in [2.75, 3.05) is 64.9 Å². The number of rotatable bonds is 20. The Kier molecular flexibility index (Phi) is 16.7. The molecular formula is C42H56FN9O7. The first-order valence-electron chi connectivity index (χ1n) is 19.7. The van der Waals surface area contributed by atoms with Crippen LogP contribution in [0.25, 0.3) is 11.6 Å². The Hall–Kier alpha value is -6.07. The predicted molar refractivity (Wildman–Crippen MR) is 223 cm³/mol. The molecule has 0 fully saturated rings. The van der Waals surface area contributed by atoms with Crippen molar-refractivity contribution < 1.29 is 37.9 Å². The zero-order valence-electron chi connectivity index (χ0n) is 34.6. The lowest BCUT2D eigenvalue weighted by molar-refractivity contribution is -0.130. The molecule has 0 aliphatic carbocycles. The van der Waals surface area contributed by atoms with Crippen LogP contribution in [0.3, 0.4) is 0 Å². The molecule has 7 amide bonds. The second-order valence-corrected chi connectivity index (χ2v) is 14.1. The number of likely N-dealkylation sites (N-methyl/N-ethyl adjacent to an activating group) is 2. The van der Waals surface area contributed by atoms with Crippen molar-refractivity contribution in [1.82, 2.24) is 36.1 Å². The van der Waals surface area contributed by atoms with E-state index in [1.807, 2.05) is 12.1 Å². The third-order valence-electron chi connectivity index (χ3n) is 10.1. The zero-order chi connectivity index (χ0) is 43.2. The molecule has 2 aromatic carbocycles. The molecule has 1 aromatic heterocycles. The van der Waals surface area contributed by atoms with E-state index in [1.165, 1.54) is 30.2 Å². The summed E-state index contributed by atoms with van der Waals surface area (Å²) in [5.41, 5.74) is 9.07. The van der Waals surface area contributed by atoms with Crippen molar-refractivity contribution in [2.24, 2.45) is 5.73 Å². The van der Waals surface area contributed by atoms with Crippen molar-refractivity contribution in [2.45, 2.75) is 59.5 Å². The Morgan fingerprint density at radius 3 is 2.29 bits per heavy atom. The number of nitrogens with two attached hydrogens (primary N) is 1. The molecule has 2 heterocycles. The maximum Gasteiger partial charge on any atom is 0.331 e. The fourth-order valence-corrected chi connectivity index (χ4v) is 6.66. The monoisotopic (exact) mass is 817 g/mol. The van der Waals surface area contributed by atoms with Crippen LogP contribution >= 0.6 is 0 Å². The lowest BCUT2D eigenvalue weighted by atomic mass is 10.0. The van der Waals surface area contributed by atoms with Gasteiger partial charge in [0.25, 0.3) is 11.8 Å². The predicted octanol–water partition coefficient (Wildman–Crippen LogP) is 2.84. The van der Waals surface area contributed by atoms with E-state index in [9.17, 15) is 33.2 Å². The Balaban J connectivity index is 1.31. The molecule has 0 saturated heterocycles. The largest absolute Gasteiger partial charge is 0.497 e. The number of imide groups is 1. The van der Waals surface area contributed by atoms with E-state index in [-0.39, 0.29) is 68.2 Å². The number of carbonyl (C=O) groups excluding carboxylic acids is 6. The minimum atomic E-state index is -0.883. The van der Waals surface area contributed by atoms with Gasteiger partial charge in [0.15, 0.2) is 0 Å². The molecule has 7 N–H and O–H groups in total. The van der Waals surface area contributed by atoms with Crippen molar-refractivity contribution in [1.29, 1.82) is 0 Å². The molecule has 4 rings (SSSR count). The number of ether oxygens (including phenoxy) is 1. The summed E-state index contributed by atoms with van der Waals surface area (Å²) in [4.78, 5) is 86.4. The van der Waals surface area contributed by atoms with Gasteiger partial charge in [-0.25, -0.2) is 14.1 Å². The van der Waals surface area contributed by atoms with Crippen molar-refractivity contribution in [3.63, 3.8) is 0 Å². The van der Waals surface area contributed by atoms with Gasteiger partial charge < -0.3 is 46.5 Å². The second kappa shape index (κ2) is 21.6. The van der Waals surface area contributed by atoms with Crippen LogP contribution in [-0.2, 0) is 25.7 Å². The highest BCUT2D eigenvalue weighted by atomic mass is 19.1. The average Bonchev–Trinajstić information content (AvgIpc) is 3.66. The summed E-state index contributed by atoms with van der Waals surface area (Å²) in [7, 11) is 3.02. The number of carbonyl (C=O) groups is 6. The molecule has 0 unspecified atom stereocenters. The number of nitrogens with one attached hydrogen (secondary N) is 5. The molecule has 16 nitrogen and oxygen atoms in total. The Labute approximate surface area is 344 Å². The fourth-order valence-electron chi connectivity index (χ4n) is 6.66. The topological polar surface area (TPSA) is 211 Å². The molecule has 0 saturated carbocycles. The van der Waals surface area contributed by atoms with Crippen molar-refractivity contribution in [3.05, 3.63) is 81.9 Å². The number of hydrogen-bond donors (Lipinski definition) is 6. The van der Waals surface area contributed by atoms with Gasteiger partial charge in [-0.05, 0) is 87.4 Å². The minimum Gasteiger partial charge on any atom is -0.497 e. The smallest absolute Gasteiger partial charge is 0.331 e. The van der Waals surface area contributed by atoms with E-state index in [0.717, 1.165) is 29.6 Å². The first-order chi connectivity index (χ1) is 28.2. The summed E-state index contributed by atoms with van der Waals surface area (Å²) >= 11 is 0. The number of H-pyrrole nitrogens is 1. The summed E-state index contributed by atoms with van der Waals surface area (Å²) in [6.45, 7) is 10.9. The summed E-state index contributed by atoms with van der Waals surface area (Å²) < 4.78 is 19.7. The summed E-state index contributed by atoms with van der Waals surface area (Å²) in [6.07, 6.45) is 1.35. The Morgan fingerprint density at radius 1 is 0.949 bits per heavy atom. The molecule has 0 spiro atoms. The van der Waals surface area contributed by atoms with Crippen LogP contribution in [0.2, 0.25) is 0 Å². The van der Waals surface area contributed by atoms with Gasteiger partial charge in [-0.3, -0.25) is 24.0 Å². The third kappa shape index (κ3) is 12.0. The molecule has 17 heteroatoms. The van der Waals surface area contributed by atoms with Gasteiger partial charge >= 0.3 is 6.03 Å². The lowest BCUT2D eigenvalue weighted by Crippen LogP contribution is -2.47. The van der Waals surface area contributed by atoms with Crippen LogP contribution in [0, 0.1) is 19.7 Å². The number of fused-ring (bicyclic) bond motifs is 1. The number of halogens is 1. The lowest BCUT2D eigenvalue weighted by Gasteiger charge is -2.23. The number of methoxy groups -OCH3 is 1. The first-order valence-corrected chi connectivity index (χ1v) is 19.7. The summed E-state index contributed by atoms with van der Waals surface area (Å²) in [6, 6.07) is 9.27. The molecule has 1 atom stereocenters. The number of nitrogens with zero attached hydrogens (tertiary/aromatic N) is 3. The second-order valence-electron chi connectivity index (χ2n) is 14.1. The SMILES string of the molecule is CCN(CC)CCNC(=O)c1c(C)[nH]c(/C=C2\C(=O)N(C(=O)N(C)CCNC(=O)CCC(=O)N[C@H](CCN)C(=O)NCc3ccc(OC)cc3)c3ccc(F)cc32)c1C. The van der Waals surface area contributed by atoms with Gasteiger partial charge in [0.05, 0.1) is 23.9 Å². The van der Waals surface area contributed by atoms with Crippen LogP contribution in [0.1, 0.15) is 71.5 Å². The molecule has 318 valence electrons. The number of amides is 7. The summed E-state index contributed by atoms with van der Waals surface area (Å²) in [5.74, 6) is -2.24. The van der Waals surface area contributed by atoms with Crippen LogP contribution in [0.15, 0.2) is 42.5 Å². The van der Waals surface area contributed by atoms with Gasteiger partial charge in [0.1, 0.15) is 17.6 Å². The number of aryl methyl sites for hydroxylation is 1. The normalized spacial score (nSPS) is 13.3. The van der Waals surface area contributed by atoms with Gasteiger partial charge in [-0.1, -0.05) is 26.0 Å². The number of urea groups is 1. The van der Waals surface area contributed by atoms with E-state index in [2.05, 4.69) is 45.0 Å². The first kappa shape index (κ1) is 45.6. The zero-order valence-corrected chi connectivity index (χ0v) is 34.6. The average molecular weight is 818 g/mol. The molecule has 1 aliphatic rings. The van der Waals surface area contributed by atoms with Crippen LogP contribution in [0.4, 0.5) is 14.9 Å². The highest BCUT2D eigenvalue weighted by Crippen LogP contribution is 2.39.